The third-order valence-corrected chi connectivity index (χ3v) is 3.41. The van der Waals surface area contributed by atoms with Crippen LogP contribution >= 0.6 is 11.6 Å². The van der Waals surface area contributed by atoms with Crippen molar-refractivity contribution in [1.29, 1.82) is 0 Å². The number of amides is 1. The fourth-order valence-corrected chi connectivity index (χ4v) is 2.40. The maximum Gasteiger partial charge on any atom is 0.410 e. The molecule has 1 amide bonds. The number of anilines is 1. The highest BCUT2D eigenvalue weighted by Crippen LogP contribution is 2.20. The Morgan fingerprint density at radius 3 is 2.67 bits per heavy atom. The molecule has 1 aliphatic heterocycles. The molecule has 0 spiro atoms. The lowest BCUT2D eigenvalue weighted by atomic mass is 10.2. The van der Waals surface area contributed by atoms with E-state index in [9.17, 15) is 4.79 Å². The van der Waals surface area contributed by atoms with Gasteiger partial charge in [0.15, 0.2) is 0 Å². The highest BCUT2D eigenvalue weighted by Gasteiger charge is 2.31. The van der Waals surface area contributed by atoms with Gasteiger partial charge in [0.05, 0.1) is 0 Å². The maximum absolute atomic E-state index is 12.2. The van der Waals surface area contributed by atoms with E-state index in [1.54, 1.807) is 11.0 Å². The summed E-state index contributed by atoms with van der Waals surface area (Å²) in [6.07, 6.45) is 1.18. The summed E-state index contributed by atoms with van der Waals surface area (Å²) < 4.78 is 5.43. The van der Waals surface area contributed by atoms with E-state index < -0.39 is 5.60 Å². The molecule has 1 aromatic heterocycles. The number of carbonyl (C=O) groups is 1. The van der Waals surface area contributed by atoms with Crippen LogP contribution < -0.4 is 4.90 Å². The lowest BCUT2D eigenvalue weighted by Crippen LogP contribution is -2.55. The second-order valence-electron chi connectivity index (χ2n) is 6.17. The zero-order valence-corrected chi connectivity index (χ0v) is 13.6. The molecule has 0 aliphatic carbocycles. The summed E-state index contributed by atoms with van der Waals surface area (Å²) >= 11 is 5.89. The van der Waals surface area contributed by atoms with Crippen LogP contribution in [0.15, 0.2) is 12.4 Å². The number of aromatic nitrogens is 2. The largest absolute Gasteiger partial charge is 0.444 e. The number of piperazine rings is 1. The van der Waals surface area contributed by atoms with Gasteiger partial charge in [0.2, 0.25) is 0 Å². The van der Waals surface area contributed by atoms with Gasteiger partial charge in [-0.05, 0) is 27.7 Å². The molecule has 6 nitrogen and oxygen atoms in total. The quantitative estimate of drug-likeness (QED) is 0.746. The highest BCUT2D eigenvalue weighted by atomic mass is 35.5. The van der Waals surface area contributed by atoms with E-state index in [0.29, 0.717) is 24.8 Å². The predicted molar refractivity (Wildman–Crippen MR) is 81.7 cm³/mol. The van der Waals surface area contributed by atoms with Gasteiger partial charge >= 0.3 is 6.09 Å². The first-order valence-corrected chi connectivity index (χ1v) is 7.36. The first-order chi connectivity index (χ1) is 9.76. The highest BCUT2D eigenvalue weighted by molar-refractivity contribution is 6.29. The predicted octanol–water partition coefficient (Wildman–Crippen LogP) is 2.58. The van der Waals surface area contributed by atoms with Crippen LogP contribution in [0.1, 0.15) is 27.7 Å². The third-order valence-electron chi connectivity index (χ3n) is 3.20. The molecule has 2 heterocycles. The molecule has 116 valence electrons. The number of carbonyl (C=O) groups excluding carboxylic acids is 1. The minimum atomic E-state index is -0.478. The number of ether oxygens (including phenoxy) is 1. The summed E-state index contributed by atoms with van der Waals surface area (Å²) in [5.41, 5.74) is -0.478. The van der Waals surface area contributed by atoms with E-state index in [0.717, 1.165) is 5.82 Å². The molecule has 1 aromatic rings. The van der Waals surface area contributed by atoms with Crippen LogP contribution in [0.3, 0.4) is 0 Å². The fraction of sp³-hybridized carbons (Fsp3) is 0.643. The van der Waals surface area contributed by atoms with Crippen LogP contribution in [0.4, 0.5) is 10.6 Å². The molecule has 7 heteroatoms. The Bertz CT molecular complexity index is 518. The van der Waals surface area contributed by atoms with E-state index >= 15 is 0 Å². The number of hydrogen-bond donors (Lipinski definition) is 0. The SMILES string of the molecule is C[C@H]1CN(c2cc(Cl)ncn2)CCN1C(=O)OC(C)(C)C. The molecular formula is C14H21ClN4O2. The molecule has 0 bridgehead atoms. The van der Waals surface area contributed by atoms with Crippen LogP contribution in [-0.4, -0.2) is 52.2 Å². The molecule has 1 saturated heterocycles. The van der Waals surface area contributed by atoms with Crippen molar-refractivity contribution < 1.29 is 9.53 Å². The monoisotopic (exact) mass is 312 g/mol. The number of rotatable bonds is 1. The van der Waals surface area contributed by atoms with Crippen LogP contribution in [-0.2, 0) is 4.74 Å². The van der Waals surface area contributed by atoms with Gasteiger partial charge in [-0.2, -0.15) is 0 Å². The lowest BCUT2D eigenvalue weighted by Gasteiger charge is -2.40. The Morgan fingerprint density at radius 2 is 2.10 bits per heavy atom. The maximum atomic E-state index is 12.2. The Kier molecular flexibility index (Phi) is 4.56. The van der Waals surface area contributed by atoms with E-state index in [-0.39, 0.29) is 12.1 Å². The minimum Gasteiger partial charge on any atom is -0.444 e. The standard InChI is InChI=1S/C14H21ClN4O2/c1-10-8-18(12-7-11(15)16-9-17-12)5-6-19(10)13(20)21-14(2,3)4/h7,9-10H,5-6,8H2,1-4H3/t10-/m0/s1. The van der Waals surface area contributed by atoms with E-state index in [1.165, 1.54) is 6.33 Å². The molecule has 0 N–H and O–H groups in total. The van der Waals surface area contributed by atoms with Gasteiger partial charge in [-0.3, -0.25) is 0 Å². The van der Waals surface area contributed by atoms with Gasteiger partial charge < -0.3 is 14.5 Å². The van der Waals surface area contributed by atoms with Gasteiger partial charge in [-0.15, -0.1) is 0 Å². The zero-order valence-electron chi connectivity index (χ0n) is 12.8. The molecule has 0 unspecified atom stereocenters. The van der Waals surface area contributed by atoms with Gasteiger partial charge in [-0.1, -0.05) is 11.6 Å². The van der Waals surface area contributed by atoms with E-state index in [2.05, 4.69) is 14.9 Å². The van der Waals surface area contributed by atoms with Crippen molar-refractivity contribution in [2.75, 3.05) is 24.5 Å². The summed E-state index contributed by atoms with van der Waals surface area (Å²) in [6, 6.07) is 1.78. The number of hydrogen-bond acceptors (Lipinski definition) is 5. The molecular weight excluding hydrogens is 292 g/mol. The fourth-order valence-electron chi connectivity index (χ4n) is 2.25. The van der Waals surface area contributed by atoms with Crippen LogP contribution in [0.25, 0.3) is 0 Å². The topological polar surface area (TPSA) is 58.6 Å². The molecule has 0 radical (unpaired) electrons. The summed E-state index contributed by atoms with van der Waals surface area (Å²) in [4.78, 5) is 24.1. The molecule has 2 rings (SSSR count). The van der Waals surface area contributed by atoms with Gasteiger partial charge in [0.1, 0.15) is 22.9 Å². The molecule has 0 aromatic carbocycles. The van der Waals surface area contributed by atoms with Gasteiger partial charge in [-0.25, -0.2) is 14.8 Å². The van der Waals surface area contributed by atoms with Crippen molar-refractivity contribution in [2.45, 2.75) is 39.3 Å². The lowest BCUT2D eigenvalue weighted by molar-refractivity contribution is 0.0158. The first-order valence-electron chi connectivity index (χ1n) is 6.98. The first kappa shape index (κ1) is 15.8. The Balaban J connectivity index is 2.01. The molecule has 21 heavy (non-hydrogen) atoms. The van der Waals surface area contributed by atoms with Crippen molar-refractivity contribution in [3.05, 3.63) is 17.5 Å². The molecule has 0 saturated carbocycles. The smallest absolute Gasteiger partial charge is 0.410 e. The summed E-state index contributed by atoms with van der Waals surface area (Å²) in [6.45, 7) is 9.58. The molecule has 1 fully saturated rings. The summed E-state index contributed by atoms with van der Waals surface area (Å²) in [5.74, 6) is 0.783. The zero-order chi connectivity index (χ0) is 15.6. The number of nitrogens with zero attached hydrogens (tertiary/aromatic N) is 4. The number of halogens is 1. The Hall–Kier alpha value is -1.56. The van der Waals surface area contributed by atoms with Crippen molar-refractivity contribution >= 4 is 23.5 Å². The molecule has 1 atom stereocenters. The Labute approximate surface area is 130 Å². The van der Waals surface area contributed by atoms with Crippen LogP contribution in [0.5, 0.6) is 0 Å². The van der Waals surface area contributed by atoms with E-state index in [4.69, 9.17) is 16.3 Å². The average molecular weight is 313 g/mol. The van der Waals surface area contributed by atoms with Crippen molar-refractivity contribution in [3.63, 3.8) is 0 Å². The normalized spacial score (nSPS) is 19.6. The second kappa shape index (κ2) is 6.05. The third kappa shape index (κ3) is 4.20. The van der Waals surface area contributed by atoms with Crippen LogP contribution in [0.2, 0.25) is 5.15 Å². The summed E-state index contributed by atoms with van der Waals surface area (Å²) in [5, 5.41) is 0.419. The van der Waals surface area contributed by atoms with Gasteiger partial charge in [0.25, 0.3) is 0 Å². The minimum absolute atomic E-state index is 0.0438. The van der Waals surface area contributed by atoms with E-state index in [1.807, 2.05) is 27.7 Å². The van der Waals surface area contributed by atoms with Crippen molar-refractivity contribution in [2.24, 2.45) is 0 Å². The second-order valence-corrected chi connectivity index (χ2v) is 6.55. The van der Waals surface area contributed by atoms with Crippen molar-refractivity contribution in [1.82, 2.24) is 14.9 Å². The summed E-state index contributed by atoms with van der Waals surface area (Å²) in [7, 11) is 0. The Morgan fingerprint density at radius 1 is 1.38 bits per heavy atom. The van der Waals surface area contributed by atoms with Gasteiger partial charge in [0, 0.05) is 31.7 Å². The van der Waals surface area contributed by atoms with Crippen LogP contribution in [0, 0.1) is 0 Å². The molecule has 1 aliphatic rings. The van der Waals surface area contributed by atoms with Crippen molar-refractivity contribution in [3.8, 4) is 0 Å². The average Bonchev–Trinajstić information content (AvgIpc) is 2.36.